The second-order valence-electron chi connectivity index (χ2n) is 4.20. The SMILES string of the molecule is O=c1[nH]cnc(OCCC2CCCNC2)c1I. The van der Waals surface area contributed by atoms with Crippen LogP contribution in [-0.4, -0.2) is 29.7 Å². The number of nitrogens with zero attached hydrogens (tertiary/aromatic N) is 1. The summed E-state index contributed by atoms with van der Waals surface area (Å²) in [6.45, 7) is 2.83. The molecule has 1 aromatic heterocycles. The minimum Gasteiger partial charge on any atom is -0.477 e. The van der Waals surface area contributed by atoms with Crippen LogP contribution in [0.5, 0.6) is 5.88 Å². The maximum absolute atomic E-state index is 11.3. The van der Waals surface area contributed by atoms with Gasteiger partial charge in [-0.1, -0.05) is 0 Å². The third-order valence-electron chi connectivity index (χ3n) is 2.93. The fourth-order valence-electron chi connectivity index (χ4n) is 1.96. The zero-order valence-corrected chi connectivity index (χ0v) is 11.7. The maximum Gasteiger partial charge on any atom is 0.268 e. The van der Waals surface area contributed by atoms with E-state index >= 15 is 0 Å². The molecule has 2 rings (SSSR count). The first-order valence-electron chi connectivity index (χ1n) is 5.84. The van der Waals surface area contributed by atoms with Crippen molar-refractivity contribution in [3.63, 3.8) is 0 Å². The van der Waals surface area contributed by atoms with Crippen LogP contribution in [0.25, 0.3) is 0 Å². The molecule has 17 heavy (non-hydrogen) atoms. The summed E-state index contributed by atoms with van der Waals surface area (Å²) >= 11 is 1.96. The fraction of sp³-hybridized carbons (Fsp3) is 0.636. The molecule has 1 aliphatic rings. The molecule has 94 valence electrons. The van der Waals surface area contributed by atoms with E-state index in [0.717, 1.165) is 19.5 Å². The molecule has 0 amide bonds. The number of hydrogen-bond donors (Lipinski definition) is 2. The van der Waals surface area contributed by atoms with E-state index < -0.39 is 0 Å². The number of nitrogens with one attached hydrogen (secondary N) is 2. The van der Waals surface area contributed by atoms with Crippen molar-refractivity contribution in [3.05, 3.63) is 20.3 Å². The Bertz CT molecular complexity index is 415. The van der Waals surface area contributed by atoms with Crippen molar-refractivity contribution in [1.29, 1.82) is 0 Å². The van der Waals surface area contributed by atoms with Crippen LogP contribution >= 0.6 is 22.6 Å². The molecule has 1 saturated heterocycles. The molecule has 1 unspecified atom stereocenters. The van der Waals surface area contributed by atoms with Crippen molar-refractivity contribution < 1.29 is 4.74 Å². The van der Waals surface area contributed by atoms with Crippen molar-refractivity contribution in [2.45, 2.75) is 19.3 Å². The molecule has 0 bridgehead atoms. The third kappa shape index (κ3) is 3.67. The van der Waals surface area contributed by atoms with E-state index in [-0.39, 0.29) is 5.56 Å². The van der Waals surface area contributed by atoms with Gasteiger partial charge < -0.3 is 15.0 Å². The van der Waals surface area contributed by atoms with E-state index in [9.17, 15) is 4.79 Å². The van der Waals surface area contributed by atoms with Crippen molar-refractivity contribution in [1.82, 2.24) is 15.3 Å². The minimum atomic E-state index is -0.144. The molecule has 1 aliphatic heterocycles. The number of H-pyrrole nitrogens is 1. The van der Waals surface area contributed by atoms with Gasteiger partial charge in [0, 0.05) is 0 Å². The average molecular weight is 349 g/mol. The Labute approximate surface area is 114 Å². The molecule has 1 fully saturated rings. The Morgan fingerprint density at radius 2 is 2.47 bits per heavy atom. The lowest BCUT2D eigenvalue weighted by molar-refractivity contribution is 0.245. The number of aromatic amines is 1. The Hall–Kier alpha value is -0.630. The molecule has 0 spiro atoms. The predicted octanol–water partition coefficient (Wildman–Crippen LogP) is 1.14. The van der Waals surface area contributed by atoms with Crippen LogP contribution in [0.15, 0.2) is 11.1 Å². The Kier molecular flexibility index (Phi) is 4.78. The average Bonchev–Trinajstić information content (AvgIpc) is 2.36. The lowest BCUT2D eigenvalue weighted by Gasteiger charge is -2.22. The maximum atomic E-state index is 11.3. The van der Waals surface area contributed by atoms with Gasteiger partial charge in [-0.2, -0.15) is 0 Å². The highest BCUT2D eigenvalue weighted by Gasteiger charge is 2.13. The molecule has 0 aromatic carbocycles. The molecule has 1 atom stereocenters. The van der Waals surface area contributed by atoms with E-state index in [0.29, 0.717) is 22.0 Å². The van der Waals surface area contributed by atoms with Crippen molar-refractivity contribution >= 4 is 22.6 Å². The van der Waals surface area contributed by atoms with E-state index in [1.54, 1.807) is 0 Å². The molecule has 6 heteroatoms. The number of piperidine rings is 1. The zero-order chi connectivity index (χ0) is 12.1. The molecule has 2 heterocycles. The monoisotopic (exact) mass is 349 g/mol. The van der Waals surface area contributed by atoms with Gasteiger partial charge in [0.05, 0.1) is 12.9 Å². The first-order valence-corrected chi connectivity index (χ1v) is 6.92. The number of hydrogen-bond acceptors (Lipinski definition) is 4. The van der Waals surface area contributed by atoms with Crippen LogP contribution in [0.4, 0.5) is 0 Å². The number of rotatable bonds is 4. The first-order chi connectivity index (χ1) is 8.27. The van der Waals surface area contributed by atoms with Crippen molar-refractivity contribution in [2.75, 3.05) is 19.7 Å². The van der Waals surface area contributed by atoms with Gasteiger partial charge in [0.15, 0.2) is 0 Å². The Morgan fingerprint density at radius 1 is 1.59 bits per heavy atom. The standard InChI is InChI=1S/C11H16IN3O2/c12-9-10(16)14-7-15-11(9)17-5-3-8-2-1-4-13-6-8/h7-8,13H,1-6H2,(H,14,15,16). The lowest BCUT2D eigenvalue weighted by atomic mass is 9.97. The van der Waals surface area contributed by atoms with Gasteiger partial charge in [0.25, 0.3) is 5.56 Å². The molecule has 0 saturated carbocycles. The number of aromatic nitrogens is 2. The summed E-state index contributed by atoms with van der Waals surface area (Å²) in [6.07, 6.45) is 4.89. The summed E-state index contributed by atoms with van der Waals surface area (Å²) in [6, 6.07) is 0. The molecule has 2 N–H and O–H groups in total. The summed E-state index contributed by atoms with van der Waals surface area (Å²) in [5.74, 6) is 1.13. The van der Waals surface area contributed by atoms with Crippen LogP contribution < -0.4 is 15.6 Å². The molecular weight excluding hydrogens is 333 g/mol. The molecular formula is C11H16IN3O2. The summed E-state index contributed by atoms with van der Waals surface area (Å²) in [5, 5.41) is 3.38. The summed E-state index contributed by atoms with van der Waals surface area (Å²) < 4.78 is 6.07. The lowest BCUT2D eigenvalue weighted by Crippen LogP contribution is -2.30. The van der Waals surface area contributed by atoms with Crippen LogP contribution in [-0.2, 0) is 0 Å². The summed E-state index contributed by atoms with van der Waals surface area (Å²) in [7, 11) is 0. The van der Waals surface area contributed by atoms with Crippen molar-refractivity contribution in [3.8, 4) is 5.88 Å². The topological polar surface area (TPSA) is 67.0 Å². The minimum absolute atomic E-state index is 0.144. The molecule has 1 aromatic rings. The third-order valence-corrected chi connectivity index (χ3v) is 3.88. The van der Waals surface area contributed by atoms with E-state index in [4.69, 9.17) is 4.74 Å². The van der Waals surface area contributed by atoms with Gasteiger partial charge in [0.1, 0.15) is 3.57 Å². The van der Waals surface area contributed by atoms with Gasteiger partial charge in [0.2, 0.25) is 5.88 Å². The molecule has 0 radical (unpaired) electrons. The highest BCUT2D eigenvalue weighted by molar-refractivity contribution is 14.1. The highest BCUT2D eigenvalue weighted by Crippen LogP contribution is 2.16. The number of halogens is 1. The van der Waals surface area contributed by atoms with Gasteiger partial charge in [-0.05, 0) is 60.9 Å². The summed E-state index contributed by atoms with van der Waals surface area (Å²) in [4.78, 5) is 17.8. The van der Waals surface area contributed by atoms with E-state index in [2.05, 4.69) is 15.3 Å². The van der Waals surface area contributed by atoms with E-state index in [1.165, 1.54) is 19.2 Å². The Balaban J connectivity index is 1.81. The van der Waals surface area contributed by atoms with Crippen LogP contribution in [0.2, 0.25) is 0 Å². The first kappa shape index (κ1) is 12.8. The second-order valence-corrected chi connectivity index (χ2v) is 5.28. The second kappa shape index (κ2) is 6.34. The van der Waals surface area contributed by atoms with Gasteiger partial charge >= 0.3 is 0 Å². The van der Waals surface area contributed by atoms with Crippen LogP contribution in [0.3, 0.4) is 0 Å². The fourth-order valence-corrected chi connectivity index (χ4v) is 2.41. The highest BCUT2D eigenvalue weighted by atomic mass is 127. The quantitative estimate of drug-likeness (QED) is 0.801. The Morgan fingerprint density at radius 3 is 3.24 bits per heavy atom. The number of ether oxygens (including phenoxy) is 1. The predicted molar refractivity (Wildman–Crippen MR) is 73.3 cm³/mol. The largest absolute Gasteiger partial charge is 0.477 e. The van der Waals surface area contributed by atoms with Gasteiger partial charge in [-0.15, -0.1) is 0 Å². The van der Waals surface area contributed by atoms with Crippen molar-refractivity contribution in [2.24, 2.45) is 5.92 Å². The van der Waals surface area contributed by atoms with Gasteiger partial charge in [-0.3, -0.25) is 4.79 Å². The summed E-state index contributed by atoms with van der Waals surface area (Å²) in [5.41, 5.74) is -0.144. The zero-order valence-electron chi connectivity index (χ0n) is 9.54. The van der Waals surface area contributed by atoms with Crippen LogP contribution in [0, 0.1) is 9.49 Å². The van der Waals surface area contributed by atoms with Crippen LogP contribution in [0.1, 0.15) is 19.3 Å². The van der Waals surface area contributed by atoms with E-state index in [1.807, 2.05) is 22.6 Å². The molecule has 5 nitrogen and oxygen atoms in total. The normalized spacial score (nSPS) is 20.2. The smallest absolute Gasteiger partial charge is 0.268 e. The van der Waals surface area contributed by atoms with Gasteiger partial charge in [-0.25, -0.2) is 4.98 Å². The molecule has 0 aliphatic carbocycles.